The summed E-state index contributed by atoms with van der Waals surface area (Å²) in [4.78, 5) is 30.1. The minimum atomic E-state index is -1.42. The van der Waals surface area contributed by atoms with E-state index < -0.39 is 17.6 Å². The Morgan fingerprint density at radius 3 is 2.48 bits per heavy atom. The van der Waals surface area contributed by atoms with Crippen molar-refractivity contribution in [1.82, 2.24) is 4.98 Å². The molecule has 6 heteroatoms. The van der Waals surface area contributed by atoms with Crippen LogP contribution in [-0.4, -0.2) is 30.8 Å². The van der Waals surface area contributed by atoms with Crippen molar-refractivity contribution in [2.75, 3.05) is 24.3 Å². The molecule has 2 rings (SSSR count). The Hall–Kier alpha value is -3.46. The number of rotatable bonds is 6. The van der Waals surface area contributed by atoms with Crippen LogP contribution in [0.15, 0.2) is 54.7 Å². The Labute approximate surface area is 146 Å². The second kappa shape index (κ2) is 8.41. The predicted octanol–water partition coefficient (Wildman–Crippen LogP) is 2.51. The fourth-order valence-electron chi connectivity index (χ4n) is 2.04. The van der Waals surface area contributed by atoms with Crippen LogP contribution in [0, 0.1) is 17.2 Å². The van der Waals surface area contributed by atoms with Gasteiger partial charge in [-0.3, -0.25) is 9.59 Å². The number of aromatic nitrogens is 1. The van der Waals surface area contributed by atoms with Crippen molar-refractivity contribution in [2.45, 2.75) is 0 Å². The number of benzene rings is 1. The van der Waals surface area contributed by atoms with Gasteiger partial charge in [-0.1, -0.05) is 24.3 Å². The fraction of sp³-hybridized carbons (Fsp3) is 0.158. The van der Waals surface area contributed by atoms with Crippen LogP contribution in [0.2, 0.25) is 0 Å². The lowest BCUT2D eigenvalue weighted by Gasteiger charge is -2.11. The highest BCUT2D eigenvalue weighted by molar-refractivity contribution is 6.14. The van der Waals surface area contributed by atoms with E-state index in [-0.39, 0.29) is 0 Å². The van der Waals surface area contributed by atoms with Gasteiger partial charge in [-0.15, -0.1) is 0 Å². The van der Waals surface area contributed by atoms with E-state index >= 15 is 0 Å². The Kier molecular flexibility index (Phi) is 6.02. The molecule has 126 valence electrons. The molecule has 2 aromatic rings. The van der Waals surface area contributed by atoms with E-state index in [1.165, 1.54) is 12.3 Å². The summed E-state index contributed by atoms with van der Waals surface area (Å²) in [6, 6.07) is 14.3. The molecule has 0 saturated heterocycles. The number of ketones is 1. The molecule has 0 spiro atoms. The summed E-state index contributed by atoms with van der Waals surface area (Å²) in [5.74, 6) is -2.39. The Morgan fingerprint density at radius 1 is 1.20 bits per heavy atom. The van der Waals surface area contributed by atoms with Gasteiger partial charge in [0.05, 0.1) is 6.07 Å². The molecule has 0 aliphatic heterocycles. The van der Waals surface area contributed by atoms with Crippen molar-refractivity contribution in [1.29, 1.82) is 5.26 Å². The van der Waals surface area contributed by atoms with E-state index in [2.05, 4.69) is 10.3 Å². The zero-order valence-electron chi connectivity index (χ0n) is 14.0. The summed E-state index contributed by atoms with van der Waals surface area (Å²) in [7, 11) is 3.87. The van der Waals surface area contributed by atoms with Gasteiger partial charge in [-0.05, 0) is 35.9 Å². The SMILES string of the molecule is CN(C)c1ccc(/C=C/C(=O)C(C#N)C(=O)Nc2ccccn2)cc1. The zero-order chi connectivity index (χ0) is 18.2. The van der Waals surface area contributed by atoms with Crippen LogP contribution in [0.25, 0.3) is 6.08 Å². The summed E-state index contributed by atoms with van der Waals surface area (Å²) in [6.45, 7) is 0. The monoisotopic (exact) mass is 334 g/mol. The summed E-state index contributed by atoms with van der Waals surface area (Å²) in [6.07, 6.45) is 4.34. The molecule has 0 bridgehead atoms. The Bertz CT molecular complexity index is 806. The van der Waals surface area contributed by atoms with E-state index in [1.807, 2.05) is 43.3 Å². The summed E-state index contributed by atoms with van der Waals surface area (Å²) < 4.78 is 0. The van der Waals surface area contributed by atoms with Crippen molar-refractivity contribution in [3.05, 3.63) is 60.3 Å². The second-order valence-electron chi connectivity index (χ2n) is 5.49. The first kappa shape index (κ1) is 17.9. The third-order valence-electron chi connectivity index (χ3n) is 3.44. The smallest absolute Gasteiger partial charge is 0.250 e. The van der Waals surface area contributed by atoms with Gasteiger partial charge in [0.15, 0.2) is 11.7 Å². The molecule has 0 radical (unpaired) electrons. The van der Waals surface area contributed by atoms with Crippen LogP contribution in [0.1, 0.15) is 5.56 Å². The van der Waals surface area contributed by atoms with Gasteiger partial charge in [-0.25, -0.2) is 4.98 Å². The molecular weight excluding hydrogens is 316 g/mol. The Morgan fingerprint density at radius 2 is 1.92 bits per heavy atom. The molecule has 0 fully saturated rings. The molecule has 0 aliphatic rings. The molecular formula is C19H18N4O2. The number of hydrogen-bond donors (Lipinski definition) is 1. The van der Waals surface area contributed by atoms with Gasteiger partial charge < -0.3 is 10.2 Å². The van der Waals surface area contributed by atoms with Crippen molar-refractivity contribution >= 4 is 29.3 Å². The molecule has 0 aliphatic carbocycles. The van der Waals surface area contributed by atoms with E-state index in [1.54, 1.807) is 30.3 Å². The van der Waals surface area contributed by atoms with Crippen molar-refractivity contribution in [2.24, 2.45) is 5.92 Å². The molecule has 1 aromatic heterocycles. The molecule has 1 heterocycles. The lowest BCUT2D eigenvalue weighted by molar-refractivity contribution is -0.126. The Balaban J connectivity index is 2.04. The van der Waals surface area contributed by atoms with Gasteiger partial charge in [0.2, 0.25) is 0 Å². The molecule has 1 unspecified atom stereocenters. The largest absolute Gasteiger partial charge is 0.378 e. The first-order valence-electron chi connectivity index (χ1n) is 7.62. The van der Waals surface area contributed by atoms with Crippen LogP contribution in [-0.2, 0) is 9.59 Å². The molecule has 25 heavy (non-hydrogen) atoms. The quantitative estimate of drug-likeness (QED) is 0.648. The number of allylic oxidation sites excluding steroid dienone is 1. The third kappa shape index (κ3) is 5.01. The van der Waals surface area contributed by atoms with Gasteiger partial charge >= 0.3 is 0 Å². The van der Waals surface area contributed by atoms with E-state index in [0.29, 0.717) is 5.82 Å². The third-order valence-corrected chi connectivity index (χ3v) is 3.44. The highest BCUT2D eigenvalue weighted by Gasteiger charge is 2.24. The van der Waals surface area contributed by atoms with Gasteiger partial charge in [0, 0.05) is 26.0 Å². The number of amides is 1. The average molecular weight is 334 g/mol. The normalized spacial score (nSPS) is 11.6. The molecule has 1 aromatic carbocycles. The van der Waals surface area contributed by atoms with Crippen LogP contribution < -0.4 is 10.2 Å². The van der Waals surface area contributed by atoms with E-state index in [9.17, 15) is 9.59 Å². The zero-order valence-corrected chi connectivity index (χ0v) is 14.0. The van der Waals surface area contributed by atoms with Gasteiger partial charge in [0.1, 0.15) is 5.82 Å². The van der Waals surface area contributed by atoms with Gasteiger partial charge in [0.25, 0.3) is 5.91 Å². The summed E-state index contributed by atoms with van der Waals surface area (Å²) in [5, 5.41) is 11.6. The van der Waals surface area contributed by atoms with E-state index in [0.717, 1.165) is 11.3 Å². The number of carbonyl (C=O) groups is 2. The second-order valence-corrected chi connectivity index (χ2v) is 5.49. The number of anilines is 2. The molecule has 1 atom stereocenters. The summed E-state index contributed by atoms with van der Waals surface area (Å²) >= 11 is 0. The van der Waals surface area contributed by atoms with Crippen LogP contribution in [0.3, 0.4) is 0 Å². The van der Waals surface area contributed by atoms with Crippen molar-refractivity contribution in [3.63, 3.8) is 0 Å². The summed E-state index contributed by atoms with van der Waals surface area (Å²) in [5.41, 5.74) is 1.84. The molecule has 6 nitrogen and oxygen atoms in total. The van der Waals surface area contributed by atoms with Crippen LogP contribution >= 0.6 is 0 Å². The van der Waals surface area contributed by atoms with Crippen LogP contribution in [0.5, 0.6) is 0 Å². The van der Waals surface area contributed by atoms with E-state index in [4.69, 9.17) is 5.26 Å². The maximum absolute atomic E-state index is 12.2. The number of nitrogens with zero attached hydrogens (tertiary/aromatic N) is 3. The topological polar surface area (TPSA) is 86.1 Å². The van der Waals surface area contributed by atoms with Crippen molar-refractivity contribution < 1.29 is 9.59 Å². The first-order chi connectivity index (χ1) is 12.0. The van der Waals surface area contributed by atoms with Crippen molar-refractivity contribution in [3.8, 4) is 6.07 Å². The number of hydrogen-bond acceptors (Lipinski definition) is 5. The minimum absolute atomic E-state index is 0.295. The number of nitriles is 1. The minimum Gasteiger partial charge on any atom is -0.378 e. The first-order valence-corrected chi connectivity index (χ1v) is 7.62. The standard InChI is InChI=1S/C19H18N4O2/c1-23(2)15-9-6-14(7-10-15)8-11-17(24)16(13-20)19(25)22-18-5-3-4-12-21-18/h3-12,16H,1-2H3,(H,21,22,25)/b11-8+. The maximum Gasteiger partial charge on any atom is 0.250 e. The molecule has 1 amide bonds. The molecule has 1 N–H and O–H groups in total. The fourth-order valence-corrected chi connectivity index (χ4v) is 2.04. The maximum atomic E-state index is 12.2. The molecule has 0 saturated carbocycles. The number of carbonyl (C=O) groups excluding carboxylic acids is 2. The lowest BCUT2D eigenvalue weighted by Crippen LogP contribution is -2.27. The van der Waals surface area contributed by atoms with Gasteiger partial charge in [-0.2, -0.15) is 5.26 Å². The number of nitrogens with one attached hydrogen (secondary N) is 1. The highest BCUT2D eigenvalue weighted by Crippen LogP contribution is 2.14. The highest BCUT2D eigenvalue weighted by atomic mass is 16.2. The average Bonchev–Trinajstić information content (AvgIpc) is 2.61. The number of pyridine rings is 1. The lowest BCUT2D eigenvalue weighted by atomic mass is 10.0. The predicted molar refractivity (Wildman–Crippen MR) is 96.8 cm³/mol. The van der Waals surface area contributed by atoms with Crippen LogP contribution in [0.4, 0.5) is 11.5 Å².